The summed E-state index contributed by atoms with van der Waals surface area (Å²) in [5, 5.41) is 3.74. The molecule has 0 saturated carbocycles. The number of methoxy groups -OCH3 is 3. The second-order valence-corrected chi connectivity index (χ2v) is 7.45. The van der Waals surface area contributed by atoms with Crippen molar-refractivity contribution in [3.05, 3.63) is 72.3 Å². The molecule has 0 fully saturated rings. The molecule has 1 aromatic heterocycles. The Kier molecular flexibility index (Phi) is 6.82. The van der Waals surface area contributed by atoms with Crippen LogP contribution in [0.3, 0.4) is 0 Å². The van der Waals surface area contributed by atoms with Crippen LogP contribution < -0.4 is 24.3 Å². The molecular weight excluding hydrogens is 432 g/mol. The van der Waals surface area contributed by atoms with E-state index in [2.05, 4.69) is 5.32 Å². The number of carbonyl (C=O) groups excluding carboxylic acids is 1. The summed E-state index contributed by atoms with van der Waals surface area (Å²) < 4.78 is 21.7. The SMILES string of the molecule is CCOc1cc(-c2ccc(OC)cc2)nc2ccc(NC(=O)c3cc(OC)cc(OC)c3)cc12. The number of rotatable bonds is 8. The summed E-state index contributed by atoms with van der Waals surface area (Å²) in [6, 6.07) is 20.2. The predicted molar refractivity (Wildman–Crippen MR) is 132 cm³/mol. The fraction of sp³-hybridized carbons (Fsp3) is 0.185. The first-order valence-corrected chi connectivity index (χ1v) is 10.8. The van der Waals surface area contributed by atoms with E-state index in [0.717, 1.165) is 27.9 Å². The van der Waals surface area contributed by atoms with Crippen LogP contribution in [0.25, 0.3) is 22.2 Å². The summed E-state index contributed by atoms with van der Waals surface area (Å²) in [7, 11) is 4.72. The van der Waals surface area contributed by atoms with Crippen LogP contribution in [0.5, 0.6) is 23.0 Å². The molecule has 7 nitrogen and oxygen atoms in total. The highest BCUT2D eigenvalue weighted by molar-refractivity contribution is 6.06. The minimum atomic E-state index is -0.280. The normalized spacial score (nSPS) is 10.6. The standard InChI is InChI=1S/C27H26N2O5/c1-5-34-26-16-25(17-6-9-20(31-2)10-7-17)29-24-11-8-19(14-23(24)26)28-27(30)18-12-21(32-3)15-22(13-18)33-4/h6-16H,5H2,1-4H3,(H,28,30). The molecule has 0 aliphatic rings. The van der Waals surface area contributed by atoms with Gasteiger partial charge >= 0.3 is 0 Å². The maximum absolute atomic E-state index is 12.9. The number of carbonyl (C=O) groups is 1. The van der Waals surface area contributed by atoms with Crippen molar-refractivity contribution in [2.45, 2.75) is 6.92 Å². The molecular formula is C27H26N2O5. The van der Waals surface area contributed by atoms with Crippen LogP contribution >= 0.6 is 0 Å². The van der Waals surface area contributed by atoms with Gasteiger partial charge in [-0.3, -0.25) is 4.79 Å². The fourth-order valence-electron chi connectivity index (χ4n) is 3.60. The Labute approximate surface area is 198 Å². The second-order valence-electron chi connectivity index (χ2n) is 7.45. The Morgan fingerprint density at radius 1 is 0.824 bits per heavy atom. The van der Waals surface area contributed by atoms with Crippen LogP contribution in [0.1, 0.15) is 17.3 Å². The number of benzene rings is 3. The largest absolute Gasteiger partial charge is 0.497 e. The van der Waals surface area contributed by atoms with Crippen molar-refractivity contribution in [2.75, 3.05) is 33.3 Å². The second kappa shape index (κ2) is 10.1. The molecule has 0 spiro atoms. The quantitative estimate of drug-likeness (QED) is 0.371. The first-order valence-electron chi connectivity index (χ1n) is 10.8. The van der Waals surface area contributed by atoms with Crippen LogP contribution in [0.4, 0.5) is 5.69 Å². The van der Waals surface area contributed by atoms with Crippen molar-refractivity contribution < 1.29 is 23.7 Å². The molecule has 0 bridgehead atoms. The lowest BCUT2D eigenvalue weighted by Crippen LogP contribution is -2.12. The van der Waals surface area contributed by atoms with Crippen molar-refractivity contribution in [1.29, 1.82) is 0 Å². The molecule has 1 amide bonds. The van der Waals surface area contributed by atoms with Gasteiger partial charge in [0.05, 0.1) is 39.1 Å². The summed E-state index contributed by atoms with van der Waals surface area (Å²) in [5.41, 5.74) is 3.55. The number of amides is 1. The van der Waals surface area contributed by atoms with Gasteiger partial charge in [-0.25, -0.2) is 4.98 Å². The van der Waals surface area contributed by atoms with Gasteiger partial charge in [-0.05, 0) is 61.5 Å². The maximum Gasteiger partial charge on any atom is 0.255 e. The summed E-state index contributed by atoms with van der Waals surface area (Å²) >= 11 is 0. The van der Waals surface area contributed by atoms with Crippen molar-refractivity contribution in [3.63, 3.8) is 0 Å². The minimum absolute atomic E-state index is 0.280. The number of nitrogens with one attached hydrogen (secondary N) is 1. The Morgan fingerprint density at radius 2 is 1.50 bits per heavy atom. The highest BCUT2D eigenvalue weighted by Gasteiger charge is 2.13. The molecule has 7 heteroatoms. The number of anilines is 1. The van der Waals surface area contributed by atoms with Crippen molar-refractivity contribution in [1.82, 2.24) is 4.98 Å². The van der Waals surface area contributed by atoms with Crippen LogP contribution in [0, 0.1) is 0 Å². The van der Waals surface area contributed by atoms with E-state index in [0.29, 0.717) is 35.1 Å². The zero-order valence-corrected chi connectivity index (χ0v) is 19.5. The number of nitrogens with zero attached hydrogens (tertiary/aromatic N) is 1. The number of aromatic nitrogens is 1. The highest BCUT2D eigenvalue weighted by atomic mass is 16.5. The third-order valence-electron chi connectivity index (χ3n) is 5.33. The van der Waals surface area contributed by atoms with Gasteiger partial charge in [0.15, 0.2) is 0 Å². The summed E-state index contributed by atoms with van der Waals surface area (Å²) in [6.45, 7) is 2.43. The van der Waals surface area contributed by atoms with E-state index in [1.54, 1.807) is 39.5 Å². The maximum atomic E-state index is 12.9. The molecule has 0 saturated heterocycles. The number of pyridine rings is 1. The lowest BCUT2D eigenvalue weighted by molar-refractivity contribution is 0.102. The fourth-order valence-corrected chi connectivity index (χ4v) is 3.60. The summed E-state index contributed by atoms with van der Waals surface area (Å²) in [5.74, 6) is 2.27. The van der Waals surface area contributed by atoms with Gasteiger partial charge in [0, 0.05) is 34.3 Å². The van der Waals surface area contributed by atoms with Crippen LogP contribution in [-0.4, -0.2) is 38.8 Å². The molecule has 0 aliphatic heterocycles. The van der Waals surface area contributed by atoms with E-state index in [1.807, 2.05) is 55.5 Å². The van der Waals surface area contributed by atoms with Crippen molar-refractivity contribution in [2.24, 2.45) is 0 Å². The van der Waals surface area contributed by atoms with Gasteiger partial charge < -0.3 is 24.3 Å². The van der Waals surface area contributed by atoms with Gasteiger partial charge in [-0.2, -0.15) is 0 Å². The highest BCUT2D eigenvalue weighted by Crippen LogP contribution is 2.33. The number of ether oxygens (including phenoxy) is 4. The van der Waals surface area contributed by atoms with E-state index in [1.165, 1.54) is 0 Å². The molecule has 1 heterocycles. The first kappa shape index (κ1) is 22.9. The van der Waals surface area contributed by atoms with Gasteiger partial charge in [-0.1, -0.05) is 0 Å². The van der Waals surface area contributed by atoms with Crippen LogP contribution in [-0.2, 0) is 0 Å². The Hall–Kier alpha value is -4.26. The molecule has 0 atom stereocenters. The topological polar surface area (TPSA) is 78.9 Å². The average Bonchev–Trinajstić information content (AvgIpc) is 2.88. The Balaban J connectivity index is 1.67. The third-order valence-corrected chi connectivity index (χ3v) is 5.33. The molecule has 0 aliphatic carbocycles. The predicted octanol–water partition coefficient (Wildman–Crippen LogP) is 5.58. The van der Waals surface area contributed by atoms with E-state index < -0.39 is 0 Å². The Bertz CT molecular complexity index is 1300. The van der Waals surface area contributed by atoms with Crippen molar-refractivity contribution in [3.8, 4) is 34.3 Å². The molecule has 4 aromatic rings. The average molecular weight is 459 g/mol. The molecule has 4 rings (SSSR count). The van der Waals surface area contributed by atoms with Gasteiger partial charge in [0.2, 0.25) is 0 Å². The zero-order valence-electron chi connectivity index (χ0n) is 19.5. The van der Waals surface area contributed by atoms with Crippen LogP contribution in [0.15, 0.2) is 66.7 Å². The van der Waals surface area contributed by atoms with E-state index in [-0.39, 0.29) is 5.91 Å². The first-order chi connectivity index (χ1) is 16.5. The van der Waals surface area contributed by atoms with Gasteiger partial charge in [0.25, 0.3) is 5.91 Å². The molecule has 34 heavy (non-hydrogen) atoms. The Morgan fingerprint density at radius 3 is 2.12 bits per heavy atom. The van der Waals surface area contributed by atoms with Crippen molar-refractivity contribution >= 4 is 22.5 Å². The van der Waals surface area contributed by atoms with Crippen LogP contribution in [0.2, 0.25) is 0 Å². The molecule has 0 unspecified atom stereocenters. The van der Waals surface area contributed by atoms with E-state index >= 15 is 0 Å². The smallest absolute Gasteiger partial charge is 0.255 e. The van der Waals surface area contributed by atoms with E-state index in [4.69, 9.17) is 23.9 Å². The molecule has 1 N–H and O–H groups in total. The minimum Gasteiger partial charge on any atom is -0.497 e. The van der Waals surface area contributed by atoms with E-state index in [9.17, 15) is 4.79 Å². The summed E-state index contributed by atoms with van der Waals surface area (Å²) in [6.07, 6.45) is 0. The third kappa shape index (κ3) is 4.88. The lowest BCUT2D eigenvalue weighted by atomic mass is 10.1. The van der Waals surface area contributed by atoms with Gasteiger partial charge in [0.1, 0.15) is 23.0 Å². The number of fused-ring (bicyclic) bond motifs is 1. The monoisotopic (exact) mass is 458 g/mol. The summed E-state index contributed by atoms with van der Waals surface area (Å²) in [4.78, 5) is 17.7. The molecule has 0 radical (unpaired) electrons. The van der Waals surface area contributed by atoms with Gasteiger partial charge in [-0.15, -0.1) is 0 Å². The lowest BCUT2D eigenvalue weighted by Gasteiger charge is -2.13. The zero-order chi connectivity index (χ0) is 24.1. The molecule has 174 valence electrons. The molecule has 3 aromatic carbocycles. The number of hydrogen-bond donors (Lipinski definition) is 1. The number of hydrogen-bond acceptors (Lipinski definition) is 6.